The molecule has 1 heterocycles. The first kappa shape index (κ1) is 14.5. The molecule has 1 aliphatic rings. The second-order valence-corrected chi connectivity index (χ2v) is 6.30. The van der Waals surface area contributed by atoms with Crippen LogP contribution in [0.15, 0.2) is 24.3 Å². The van der Waals surface area contributed by atoms with Crippen LogP contribution in [0.1, 0.15) is 37.4 Å². The van der Waals surface area contributed by atoms with E-state index in [4.69, 9.17) is 0 Å². The zero-order valence-corrected chi connectivity index (χ0v) is 12.7. The number of nitrogens with zero attached hydrogens (tertiary/aromatic N) is 1. The standard InChI is InChI=1S/C16H27N3/c1-16(2,19(3)4)12-18-15-9-10-17-11-13-7-5-6-8-14(13)15/h5-8,15,17-18H,9-12H2,1-4H3. The first-order valence-corrected chi connectivity index (χ1v) is 7.20. The van der Waals surface area contributed by atoms with Crippen LogP contribution in [-0.4, -0.2) is 37.6 Å². The van der Waals surface area contributed by atoms with Crippen molar-refractivity contribution in [2.24, 2.45) is 0 Å². The van der Waals surface area contributed by atoms with Gasteiger partial charge in [-0.3, -0.25) is 0 Å². The third kappa shape index (κ3) is 3.56. The van der Waals surface area contributed by atoms with Gasteiger partial charge in [0, 0.05) is 24.7 Å². The number of fused-ring (bicyclic) bond motifs is 1. The maximum atomic E-state index is 3.76. The second-order valence-electron chi connectivity index (χ2n) is 6.30. The summed E-state index contributed by atoms with van der Waals surface area (Å²) in [6.07, 6.45) is 1.15. The van der Waals surface area contributed by atoms with Gasteiger partial charge in [0.25, 0.3) is 0 Å². The van der Waals surface area contributed by atoms with Crippen molar-refractivity contribution in [1.82, 2.24) is 15.5 Å². The van der Waals surface area contributed by atoms with Crippen molar-refractivity contribution in [2.75, 3.05) is 27.2 Å². The van der Waals surface area contributed by atoms with Gasteiger partial charge in [-0.1, -0.05) is 24.3 Å². The predicted octanol–water partition coefficient (Wildman–Crippen LogP) is 2.15. The van der Waals surface area contributed by atoms with E-state index in [1.54, 1.807) is 0 Å². The molecule has 2 rings (SSSR count). The smallest absolute Gasteiger partial charge is 0.0336 e. The van der Waals surface area contributed by atoms with E-state index in [1.165, 1.54) is 11.1 Å². The summed E-state index contributed by atoms with van der Waals surface area (Å²) in [6, 6.07) is 9.25. The third-order valence-corrected chi connectivity index (χ3v) is 4.35. The Kier molecular flexibility index (Phi) is 4.61. The molecular formula is C16H27N3. The van der Waals surface area contributed by atoms with Crippen molar-refractivity contribution in [1.29, 1.82) is 0 Å². The summed E-state index contributed by atoms with van der Waals surface area (Å²) in [7, 11) is 4.29. The van der Waals surface area contributed by atoms with Gasteiger partial charge in [0.2, 0.25) is 0 Å². The summed E-state index contributed by atoms with van der Waals surface area (Å²) >= 11 is 0. The van der Waals surface area contributed by atoms with Crippen LogP contribution in [0.3, 0.4) is 0 Å². The molecule has 1 atom stereocenters. The molecule has 3 heteroatoms. The molecule has 0 spiro atoms. The quantitative estimate of drug-likeness (QED) is 0.869. The van der Waals surface area contributed by atoms with Crippen molar-refractivity contribution in [3.05, 3.63) is 35.4 Å². The van der Waals surface area contributed by atoms with E-state index in [2.05, 4.69) is 67.7 Å². The lowest BCUT2D eigenvalue weighted by Gasteiger charge is -2.34. The first-order valence-electron chi connectivity index (χ1n) is 7.20. The lowest BCUT2D eigenvalue weighted by Crippen LogP contribution is -2.47. The Morgan fingerprint density at radius 1 is 1.32 bits per heavy atom. The molecule has 19 heavy (non-hydrogen) atoms. The molecule has 0 amide bonds. The summed E-state index contributed by atoms with van der Waals surface area (Å²) in [4.78, 5) is 2.28. The fourth-order valence-corrected chi connectivity index (χ4v) is 2.40. The molecule has 1 aromatic rings. The molecule has 0 bridgehead atoms. The highest BCUT2D eigenvalue weighted by Gasteiger charge is 2.24. The van der Waals surface area contributed by atoms with Crippen LogP contribution in [0.2, 0.25) is 0 Å². The summed E-state index contributed by atoms with van der Waals surface area (Å²) < 4.78 is 0. The molecule has 0 fully saturated rings. The monoisotopic (exact) mass is 261 g/mol. The van der Waals surface area contributed by atoms with Crippen LogP contribution in [0.5, 0.6) is 0 Å². The average molecular weight is 261 g/mol. The van der Waals surface area contributed by atoms with Crippen LogP contribution in [-0.2, 0) is 6.54 Å². The van der Waals surface area contributed by atoms with E-state index in [0.717, 1.165) is 26.1 Å². The molecule has 1 aromatic carbocycles. The average Bonchev–Trinajstić information content (AvgIpc) is 2.58. The Hall–Kier alpha value is -0.900. The van der Waals surface area contributed by atoms with Gasteiger partial charge >= 0.3 is 0 Å². The fourth-order valence-electron chi connectivity index (χ4n) is 2.40. The van der Waals surface area contributed by atoms with Gasteiger partial charge in [-0.05, 0) is 52.0 Å². The number of benzene rings is 1. The molecule has 0 saturated carbocycles. The van der Waals surface area contributed by atoms with Crippen LogP contribution >= 0.6 is 0 Å². The van der Waals surface area contributed by atoms with Crippen molar-refractivity contribution in [3.63, 3.8) is 0 Å². The number of hydrogen-bond donors (Lipinski definition) is 2. The minimum atomic E-state index is 0.175. The molecule has 0 aromatic heterocycles. The Morgan fingerprint density at radius 2 is 2.05 bits per heavy atom. The highest BCUT2D eigenvalue weighted by Crippen LogP contribution is 2.24. The molecular weight excluding hydrogens is 234 g/mol. The minimum absolute atomic E-state index is 0.175. The molecule has 106 valence electrons. The molecule has 2 N–H and O–H groups in total. The predicted molar refractivity (Wildman–Crippen MR) is 81.3 cm³/mol. The van der Waals surface area contributed by atoms with Crippen LogP contribution < -0.4 is 10.6 Å². The van der Waals surface area contributed by atoms with E-state index >= 15 is 0 Å². The Balaban J connectivity index is 2.08. The van der Waals surface area contributed by atoms with Crippen molar-refractivity contribution in [2.45, 2.75) is 38.4 Å². The van der Waals surface area contributed by atoms with Crippen LogP contribution in [0, 0.1) is 0 Å². The Bertz CT molecular complexity index is 412. The molecule has 1 aliphatic heterocycles. The van der Waals surface area contributed by atoms with E-state index in [-0.39, 0.29) is 5.54 Å². The molecule has 0 radical (unpaired) electrons. The Labute approximate surface area is 117 Å². The third-order valence-electron chi connectivity index (χ3n) is 4.35. The zero-order chi connectivity index (χ0) is 13.9. The lowest BCUT2D eigenvalue weighted by molar-refractivity contribution is 0.183. The number of likely N-dealkylation sites (N-methyl/N-ethyl adjacent to an activating group) is 1. The van der Waals surface area contributed by atoms with Crippen LogP contribution in [0.25, 0.3) is 0 Å². The normalized spacial score (nSPS) is 20.2. The van der Waals surface area contributed by atoms with Crippen molar-refractivity contribution >= 4 is 0 Å². The van der Waals surface area contributed by atoms with Gasteiger partial charge in [0.05, 0.1) is 0 Å². The summed E-state index contributed by atoms with van der Waals surface area (Å²) in [5.74, 6) is 0. The molecule has 1 unspecified atom stereocenters. The maximum absolute atomic E-state index is 3.76. The zero-order valence-electron chi connectivity index (χ0n) is 12.7. The fraction of sp³-hybridized carbons (Fsp3) is 0.625. The van der Waals surface area contributed by atoms with Gasteiger partial charge in [-0.25, -0.2) is 0 Å². The van der Waals surface area contributed by atoms with Gasteiger partial charge in [-0.15, -0.1) is 0 Å². The van der Waals surface area contributed by atoms with Crippen molar-refractivity contribution < 1.29 is 0 Å². The molecule has 0 aliphatic carbocycles. The summed E-state index contributed by atoms with van der Waals surface area (Å²) in [5, 5.41) is 7.26. The van der Waals surface area contributed by atoms with Crippen LogP contribution in [0.4, 0.5) is 0 Å². The topological polar surface area (TPSA) is 27.3 Å². The molecule has 3 nitrogen and oxygen atoms in total. The van der Waals surface area contributed by atoms with Gasteiger partial charge in [0.15, 0.2) is 0 Å². The number of hydrogen-bond acceptors (Lipinski definition) is 3. The molecule has 0 saturated heterocycles. The van der Waals surface area contributed by atoms with E-state index < -0.39 is 0 Å². The number of rotatable bonds is 4. The highest BCUT2D eigenvalue weighted by atomic mass is 15.2. The minimum Gasteiger partial charge on any atom is -0.313 e. The van der Waals surface area contributed by atoms with E-state index in [9.17, 15) is 0 Å². The summed E-state index contributed by atoms with van der Waals surface area (Å²) in [5.41, 5.74) is 3.07. The van der Waals surface area contributed by atoms with E-state index in [0.29, 0.717) is 6.04 Å². The second kappa shape index (κ2) is 6.04. The van der Waals surface area contributed by atoms with Gasteiger partial charge in [0.1, 0.15) is 0 Å². The highest BCUT2D eigenvalue weighted by molar-refractivity contribution is 5.31. The van der Waals surface area contributed by atoms with E-state index in [1.807, 2.05) is 0 Å². The first-order chi connectivity index (χ1) is 9.00. The maximum Gasteiger partial charge on any atom is 0.0336 e. The SMILES string of the molecule is CN(C)C(C)(C)CNC1CCNCc2ccccc21. The number of nitrogens with one attached hydrogen (secondary N) is 2. The largest absolute Gasteiger partial charge is 0.313 e. The van der Waals surface area contributed by atoms with Gasteiger partial charge < -0.3 is 15.5 Å². The Morgan fingerprint density at radius 3 is 2.79 bits per heavy atom. The summed E-state index contributed by atoms with van der Waals surface area (Å²) in [6.45, 7) is 7.63. The van der Waals surface area contributed by atoms with Crippen molar-refractivity contribution in [3.8, 4) is 0 Å². The van der Waals surface area contributed by atoms with Gasteiger partial charge in [-0.2, -0.15) is 0 Å². The lowest BCUT2D eigenvalue weighted by atomic mass is 9.97.